The van der Waals surface area contributed by atoms with Crippen molar-refractivity contribution in [1.29, 1.82) is 0 Å². The van der Waals surface area contributed by atoms with Crippen LogP contribution in [0.4, 0.5) is 0 Å². The van der Waals surface area contributed by atoms with Crippen LogP contribution in [0.25, 0.3) is 11.0 Å². The number of ether oxygens (including phenoxy) is 12. The van der Waals surface area contributed by atoms with E-state index < -0.39 is 121 Å². The Hall–Kier alpha value is -8.14. The van der Waals surface area contributed by atoms with Gasteiger partial charge in [-0.1, -0.05) is 54.6 Å². The standard InChI is InChI=1S/C52H50O21/c1-26-23-35(57)39-36(63-26)24-37(41(43(39)61-7)65-28(3)53)69-52-47(68-31(6)56)45(67-30(5)55)42(66-29(4)54)38(70-52)25-62-51-46(73-50(60)34-21-15-10-16-22-34)44(72-49(59)33-19-13-9-14-20-33)40(27(2)64-51)71-48(58)32-17-11-8-12-18-32/h8-24,27,38,40,42,44-47,51-52H,25H2,1-7H3/t27-,38+,40-,42+,44+,45-,46+,47+,51+,52+/m0/s1. The van der Waals surface area contributed by atoms with Crippen LogP contribution in [0, 0.1) is 6.92 Å². The van der Waals surface area contributed by atoms with E-state index in [0.29, 0.717) is 0 Å². The van der Waals surface area contributed by atoms with Gasteiger partial charge in [0, 0.05) is 39.8 Å². The molecule has 0 N–H and O–H groups in total. The van der Waals surface area contributed by atoms with Gasteiger partial charge < -0.3 is 61.3 Å². The minimum atomic E-state index is -1.89. The van der Waals surface area contributed by atoms with Gasteiger partial charge in [0.05, 0.1) is 36.5 Å². The molecular formula is C52H50O21. The van der Waals surface area contributed by atoms with Crippen LogP contribution in [0.3, 0.4) is 0 Å². The Balaban J connectivity index is 1.31. The SMILES string of the molecule is COc1c(OC(C)=O)c(O[C@@H]2O[C@H](CO[C@@H]3O[C@@H](C)[C@H](OC(=O)c4ccccc4)[C@@H](OC(=O)c4ccccc4)[C@H]3OC(=O)c3ccccc3)[C@@H](OC(C)=O)[C@H](OC(C)=O)[C@H]2OC(C)=O)cc2oc(C)cc(=O)c12. The number of methoxy groups -OCH3 is 1. The summed E-state index contributed by atoms with van der Waals surface area (Å²) in [5, 5.41) is -0.133. The van der Waals surface area contributed by atoms with Crippen LogP contribution in [0.5, 0.6) is 17.2 Å². The molecule has 1 aromatic heterocycles. The second-order valence-electron chi connectivity index (χ2n) is 16.6. The highest BCUT2D eigenvalue weighted by Gasteiger charge is 2.56. The van der Waals surface area contributed by atoms with Gasteiger partial charge in [-0.25, -0.2) is 14.4 Å². The number of carbonyl (C=O) groups is 7. The summed E-state index contributed by atoms with van der Waals surface area (Å²) in [6.07, 6.45) is -16.4. The summed E-state index contributed by atoms with van der Waals surface area (Å²) in [6, 6.07) is 25.9. The Kier molecular flexibility index (Phi) is 16.9. The second-order valence-corrected chi connectivity index (χ2v) is 16.6. The van der Waals surface area contributed by atoms with E-state index in [1.807, 2.05) is 0 Å². The molecule has 2 fully saturated rings. The van der Waals surface area contributed by atoms with Gasteiger partial charge in [-0.3, -0.25) is 24.0 Å². The number of benzene rings is 4. The monoisotopic (exact) mass is 1010 g/mol. The summed E-state index contributed by atoms with van der Waals surface area (Å²) < 4.78 is 77.5. The van der Waals surface area contributed by atoms with Gasteiger partial charge in [0.2, 0.25) is 18.1 Å². The molecule has 73 heavy (non-hydrogen) atoms. The van der Waals surface area contributed by atoms with Crippen LogP contribution < -0.4 is 19.6 Å². The van der Waals surface area contributed by atoms with E-state index in [-0.39, 0.29) is 44.9 Å². The van der Waals surface area contributed by atoms with E-state index in [9.17, 15) is 38.4 Å². The van der Waals surface area contributed by atoms with Crippen molar-refractivity contribution in [2.45, 2.75) is 103 Å². The zero-order valence-electron chi connectivity index (χ0n) is 40.4. The number of hydrogen-bond acceptors (Lipinski definition) is 21. The minimum Gasteiger partial charge on any atom is -0.492 e. The topological polar surface area (TPSA) is 260 Å². The summed E-state index contributed by atoms with van der Waals surface area (Å²) >= 11 is 0. The first-order valence-corrected chi connectivity index (χ1v) is 22.6. The molecular weight excluding hydrogens is 961 g/mol. The first-order chi connectivity index (χ1) is 34.9. The predicted octanol–water partition coefficient (Wildman–Crippen LogP) is 5.37. The van der Waals surface area contributed by atoms with Gasteiger partial charge in [0.25, 0.3) is 0 Å². The average molecular weight is 1010 g/mol. The van der Waals surface area contributed by atoms with Crippen molar-refractivity contribution in [3.05, 3.63) is 136 Å². The summed E-state index contributed by atoms with van der Waals surface area (Å²) in [6.45, 7) is 6.44. The van der Waals surface area contributed by atoms with Gasteiger partial charge in [0.15, 0.2) is 53.7 Å². The zero-order chi connectivity index (χ0) is 52.5. The van der Waals surface area contributed by atoms with Crippen molar-refractivity contribution in [3.8, 4) is 17.2 Å². The van der Waals surface area contributed by atoms with Gasteiger partial charge in [-0.2, -0.15) is 0 Å². The maximum atomic E-state index is 14.0. The quantitative estimate of drug-likeness (QED) is 0.0683. The van der Waals surface area contributed by atoms with Crippen molar-refractivity contribution >= 4 is 52.8 Å². The molecule has 0 radical (unpaired) electrons. The van der Waals surface area contributed by atoms with Gasteiger partial charge in [0.1, 0.15) is 22.8 Å². The van der Waals surface area contributed by atoms with Crippen molar-refractivity contribution in [2.75, 3.05) is 13.7 Å². The molecule has 7 rings (SSSR count). The molecule has 0 unspecified atom stereocenters. The van der Waals surface area contributed by atoms with Crippen LogP contribution in [0.15, 0.2) is 112 Å². The summed E-state index contributed by atoms with van der Waals surface area (Å²) in [5.74, 6) is -7.30. The first kappa shape index (κ1) is 52.7. The Labute approximate surface area is 416 Å². The van der Waals surface area contributed by atoms with E-state index in [1.165, 1.54) is 69.5 Å². The van der Waals surface area contributed by atoms with E-state index in [1.54, 1.807) is 54.6 Å². The van der Waals surface area contributed by atoms with Crippen LogP contribution in [-0.4, -0.2) is 117 Å². The third-order valence-electron chi connectivity index (χ3n) is 11.1. The number of carbonyl (C=O) groups excluding carboxylic acids is 7. The molecule has 2 saturated heterocycles. The maximum absolute atomic E-state index is 14.0. The fourth-order valence-electron chi connectivity index (χ4n) is 8.12. The lowest BCUT2D eigenvalue weighted by Crippen LogP contribution is -2.65. The molecule has 2 aliphatic heterocycles. The molecule has 0 bridgehead atoms. The average Bonchev–Trinajstić information content (AvgIpc) is 3.35. The first-order valence-electron chi connectivity index (χ1n) is 22.6. The number of fused-ring (bicyclic) bond motifs is 1. The van der Waals surface area contributed by atoms with Crippen LogP contribution >= 0.6 is 0 Å². The second kappa shape index (κ2) is 23.4. The Morgan fingerprint density at radius 2 is 1.00 bits per heavy atom. The highest BCUT2D eigenvalue weighted by atomic mass is 16.8. The van der Waals surface area contributed by atoms with Crippen molar-refractivity contribution < 1.29 is 94.8 Å². The number of esters is 7. The minimum absolute atomic E-state index is 0.0602. The van der Waals surface area contributed by atoms with Crippen LogP contribution in [0.2, 0.25) is 0 Å². The zero-order valence-corrected chi connectivity index (χ0v) is 40.4. The van der Waals surface area contributed by atoms with Crippen molar-refractivity contribution in [3.63, 3.8) is 0 Å². The Morgan fingerprint density at radius 3 is 1.51 bits per heavy atom. The molecule has 3 heterocycles. The lowest BCUT2D eigenvalue weighted by Gasteiger charge is -2.46. The van der Waals surface area contributed by atoms with Gasteiger partial charge in [-0.15, -0.1) is 0 Å². The summed E-state index contributed by atoms with van der Waals surface area (Å²) in [4.78, 5) is 106. The number of hydrogen-bond donors (Lipinski definition) is 0. The summed E-state index contributed by atoms with van der Waals surface area (Å²) in [7, 11) is 1.19. The molecule has 0 aliphatic carbocycles. The van der Waals surface area contributed by atoms with Gasteiger partial charge >= 0.3 is 41.8 Å². The van der Waals surface area contributed by atoms with E-state index in [0.717, 1.165) is 27.7 Å². The molecule has 0 spiro atoms. The predicted molar refractivity (Wildman–Crippen MR) is 248 cm³/mol. The lowest BCUT2D eigenvalue weighted by atomic mass is 9.97. The van der Waals surface area contributed by atoms with Crippen molar-refractivity contribution in [1.82, 2.24) is 0 Å². The Morgan fingerprint density at radius 1 is 0.534 bits per heavy atom. The molecule has 384 valence electrons. The maximum Gasteiger partial charge on any atom is 0.338 e. The van der Waals surface area contributed by atoms with Crippen molar-refractivity contribution in [2.24, 2.45) is 0 Å². The van der Waals surface area contributed by atoms with Crippen LogP contribution in [0.1, 0.15) is 71.5 Å². The third-order valence-corrected chi connectivity index (χ3v) is 11.1. The molecule has 0 amide bonds. The number of aryl methyl sites for hydroxylation is 1. The lowest BCUT2D eigenvalue weighted by molar-refractivity contribution is -0.319. The fraction of sp³-hybridized carbons (Fsp3) is 0.346. The molecule has 0 saturated carbocycles. The van der Waals surface area contributed by atoms with Crippen LogP contribution in [-0.2, 0) is 61.8 Å². The summed E-state index contributed by atoms with van der Waals surface area (Å²) in [5.41, 5.74) is -0.383. The molecule has 10 atom stereocenters. The Bertz CT molecular complexity index is 2880. The van der Waals surface area contributed by atoms with Gasteiger partial charge in [-0.05, 0) is 50.2 Å². The fourth-order valence-corrected chi connectivity index (χ4v) is 8.12. The molecule has 21 heteroatoms. The normalized spacial score (nSPS) is 23.4. The van der Waals surface area contributed by atoms with E-state index in [4.69, 9.17) is 61.3 Å². The molecule has 5 aromatic rings. The largest absolute Gasteiger partial charge is 0.492 e. The molecule has 21 nitrogen and oxygen atoms in total. The molecule has 4 aromatic carbocycles. The third kappa shape index (κ3) is 12.7. The smallest absolute Gasteiger partial charge is 0.338 e. The van der Waals surface area contributed by atoms with E-state index >= 15 is 0 Å². The molecule has 2 aliphatic rings. The highest BCUT2D eigenvalue weighted by molar-refractivity contribution is 5.92. The number of rotatable bonds is 16. The van der Waals surface area contributed by atoms with E-state index in [2.05, 4.69) is 0 Å². The highest BCUT2D eigenvalue weighted by Crippen LogP contribution is 2.45.